The highest BCUT2D eigenvalue weighted by Crippen LogP contribution is 2.42. The fraction of sp³-hybridized carbons (Fsp3) is 0.375. The van der Waals surface area contributed by atoms with Crippen LogP contribution in [0.2, 0.25) is 0 Å². The minimum absolute atomic E-state index is 0.169. The van der Waals surface area contributed by atoms with Gasteiger partial charge < -0.3 is 10.5 Å². The number of anilines is 1. The summed E-state index contributed by atoms with van der Waals surface area (Å²) in [5.41, 5.74) is 12.8. The van der Waals surface area contributed by atoms with Crippen LogP contribution in [0.3, 0.4) is 0 Å². The number of benzene rings is 2. The molecule has 0 saturated carbocycles. The van der Waals surface area contributed by atoms with Gasteiger partial charge in [-0.05, 0) is 66.7 Å². The Morgan fingerprint density at radius 3 is 2.55 bits per heavy atom. The highest BCUT2D eigenvalue weighted by atomic mass is 79.9. The zero-order chi connectivity index (χ0) is 21.1. The Morgan fingerprint density at radius 1 is 1.24 bits per heavy atom. The van der Waals surface area contributed by atoms with Crippen molar-refractivity contribution in [3.05, 3.63) is 69.2 Å². The average molecular weight is 457 g/mol. The monoisotopic (exact) mass is 456 g/mol. The maximum absolute atomic E-state index is 12.7. The highest BCUT2D eigenvalue weighted by Gasteiger charge is 2.33. The molecule has 2 aromatic carbocycles. The molecule has 1 unspecified atom stereocenters. The number of ether oxygens (including phenoxy) is 1. The van der Waals surface area contributed by atoms with Crippen LogP contribution < -0.4 is 5.73 Å². The lowest BCUT2D eigenvalue weighted by atomic mass is 9.85. The van der Waals surface area contributed by atoms with Crippen molar-refractivity contribution < 1.29 is 9.53 Å². The Balaban J connectivity index is 2.10. The number of nitrogen functional groups attached to an aromatic ring is 1. The lowest BCUT2D eigenvalue weighted by Gasteiger charge is -2.38. The predicted molar refractivity (Wildman–Crippen MR) is 123 cm³/mol. The van der Waals surface area contributed by atoms with E-state index in [-0.39, 0.29) is 12.1 Å². The van der Waals surface area contributed by atoms with E-state index in [9.17, 15) is 4.79 Å². The van der Waals surface area contributed by atoms with E-state index in [1.165, 1.54) is 11.1 Å². The van der Waals surface area contributed by atoms with E-state index in [0.29, 0.717) is 19.1 Å². The van der Waals surface area contributed by atoms with Crippen LogP contribution in [0.25, 0.3) is 5.57 Å². The second kappa shape index (κ2) is 9.04. The maximum atomic E-state index is 12.7. The van der Waals surface area contributed by atoms with E-state index in [2.05, 4.69) is 67.0 Å². The molecule has 0 radical (unpaired) electrons. The van der Waals surface area contributed by atoms with E-state index >= 15 is 0 Å². The van der Waals surface area contributed by atoms with Gasteiger partial charge in [-0.2, -0.15) is 0 Å². The number of halogens is 1. The third kappa shape index (κ3) is 4.50. The Morgan fingerprint density at radius 2 is 1.93 bits per heavy atom. The lowest BCUT2D eigenvalue weighted by Crippen LogP contribution is -2.39. The van der Waals surface area contributed by atoms with Crippen LogP contribution in [0.15, 0.2) is 52.5 Å². The van der Waals surface area contributed by atoms with Crippen molar-refractivity contribution in [2.45, 2.75) is 46.1 Å². The van der Waals surface area contributed by atoms with Gasteiger partial charge in [0.2, 0.25) is 0 Å². The van der Waals surface area contributed by atoms with Crippen molar-refractivity contribution in [3.63, 3.8) is 0 Å². The molecule has 1 amide bonds. The first-order valence-corrected chi connectivity index (χ1v) is 10.9. The predicted octanol–water partition coefficient (Wildman–Crippen LogP) is 6.53. The van der Waals surface area contributed by atoms with Crippen molar-refractivity contribution in [1.82, 2.24) is 4.90 Å². The summed E-state index contributed by atoms with van der Waals surface area (Å²) in [6.45, 7) is 9.25. The fourth-order valence-corrected chi connectivity index (χ4v) is 4.35. The quantitative estimate of drug-likeness (QED) is 0.531. The third-order valence-electron chi connectivity index (χ3n) is 5.56. The normalized spacial score (nSPS) is 17.0. The summed E-state index contributed by atoms with van der Waals surface area (Å²) in [6.07, 6.45) is 0.470. The molecule has 2 aromatic rings. The van der Waals surface area contributed by atoms with E-state index in [4.69, 9.17) is 10.5 Å². The van der Waals surface area contributed by atoms with Crippen LogP contribution in [0.5, 0.6) is 0 Å². The van der Waals surface area contributed by atoms with Crippen LogP contribution in [0.1, 0.15) is 62.8 Å². The molecule has 29 heavy (non-hydrogen) atoms. The molecule has 0 fully saturated rings. The van der Waals surface area contributed by atoms with E-state index in [1.54, 1.807) is 0 Å². The molecule has 2 N–H and O–H groups in total. The number of nitrogens with two attached hydrogens (primary N) is 1. The second-order valence-corrected chi connectivity index (χ2v) is 8.68. The largest absolute Gasteiger partial charge is 0.450 e. The fourth-order valence-electron chi connectivity index (χ4n) is 3.99. The molecule has 1 aliphatic heterocycles. The molecule has 0 spiro atoms. The van der Waals surface area contributed by atoms with Gasteiger partial charge in [0.25, 0.3) is 0 Å². The summed E-state index contributed by atoms with van der Waals surface area (Å²) in [5, 5.41) is 0. The molecule has 0 aromatic heterocycles. The van der Waals surface area contributed by atoms with E-state index in [0.717, 1.165) is 33.3 Å². The number of amides is 1. The lowest BCUT2D eigenvalue weighted by molar-refractivity contribution is 0.0947. The summed E-state index contributed by atoms with van der Waals surface area (Å²) in [4.78, 5) is 14.5. The standard InChI is InChI=1S/C24H29BrN2O2/c1-5-29-24(28)27-13-12-20(21-14-19(25)10-11-22(21)26)16(4)23(27)18-8-6-17(7-9-18)15(2)3/h6-11,14-15,23H,5,12-13,26H2,1-4H3. The molecule has 3 rings (SSSR count). The number of carbonyl (C=O) groups is 1. The number of hydrogen-bond acceptors (Lipinski definition) is 3. The van der Waals surface area contributed by atoms with Crippen LogP contribution in [0, 0.1) is 0 Å². The molecule has 1 heterocycles. The third-order valence-corrected chi connectivity index (χ3v) is 6.06. The maximum Gasteiger partial charge on any atom is 0.410 e. The number of hydrogen-bond donors (Lipinski definition) is 1. The minimum Gasteiger partial charge on any atom is -0.450 e. The first-order valence-electron chi connectivity index (χ1n) is 10.1. The van der Waals surface area contributed by atoms with E-state index < -0.39 is 0 Å². The zero-order valence-electron chi connectivity index (χ0n) is 17.5. The molecule has 1 aliphatic rings. The van der Waals surface area contributed by atoms with Gasteiger partial charge in [-0.25, -0.2) is 4.79 Å². The van der Waals surface area contributed by atoms with Gasteiger partial charge in [0, 0.05) is 22.3 Å². The molecule has 154 valence electrons. The van der Waals surface area contributed by atoms with Gasteiger partial charge in [0.15, 0.2) is 0 Å². The SMILES string of the molecule is CCOC(=O)N1CCC(c2cc(Br)ccc2N)=C(C)C1c1ccc(C(C)C)cc1. The Labute approximate surface area is 181 Å². The topological polar surface area (TPSA) is 55.6 Å². The molecule has 0 saturated heterocycles. The van der Waals surface area contributed by atoms with Gasteiger partial charge in [-0.3, -0.25) is 4.90 Å². The van der Waals surface area contributed by atoms with Gasteiger partial charge >= 0.3 is 6.09 Å². The Hall–Kier alpha value is -2.27. The zero-order valence-corrected chi connectivity index (χ0v) is 19.1. The van der Waals surface area contributed by atoms with Crippen molar-refractivity contribution >= 4 is 33.3 Å². The van der Waals surface area contributed by atoms with Crippen LogP contribution >= 0.6 is 15.9 Å². The number of rotatable bonds is 4. The van der Waals surface area contributed by atoms with Gasteiger partial charge in [0.05, 0.1) is 12.6 Å². The van der Waals surface area contributed by atoms with Crippen molar-refractivity contribution in [2.75, 3.05) is 18.9 Å². The average Bonchev–Trinajstić information content (AvgIpc) is 2.70. The summed E-state index contributed by atoms with van der Waals surface area (Å²) >= 11 is 3.56. The number of nitrogens with zero attached hydrogens (tertiary/aromatic N) is 1. The Bertz CT molecular complexity index is 919. The van der Waals surface area contributed by atoms with Crippen molar-refractivity contribution in [3.8, 4) is 0 Å². The summed E-state index contributed by atoms with van der Waals surface area (Å²) < 4.78 is 6.35. The van der Waals surface area contributed by atoms with Crippen molar-refractivity contribution in [1.29, 1.82) is 0 Å². The number of carbonyl (C=O) groups excluding carboxylic acids is 1. The van der Waals surface area contributed by atoms with Gasteiger partial charge in [0.1, 0.15) is 0 Å². The highest BCUT2D eigenvalue weighted by molar-refractivity contribution is 9.10. The molecular weight excluding hydrogens is 428 g/mol. The van der Waals surface area contributed by atoms with Gasteiger partial charge in [-0.15, -0.1) is 0 Å². The van der Waals surface area contributed by atoms with Gasteiger partial charge in [-0.1, -0.05) is 54.0 Å². The van der Waals surface area contributed by atoms with Crippen molar-refractivity contribution in [2.24, 2.45) is 0 Å². The first kappa shape index (κ1) is 21.4. The molecule has 4 nitrogen and oxygen atoms in total. The molecular formula is C24H29BrN2O2. The molecule has 5 heteroatoms. The molecule has 0 bridgehead atoms. The minimum atomic E-state index is -0.272. The molecule has 1 atom stereocenters. The summed E-state index contributed by atoms with van der Waals surface area (Å²) in [5.74, 6) is 0.463. The van der Waals surface area contributed by atoms with Crippen LogP contribution in [-0.4, -0.2) is 24.1 Å². The summed E-state index contributed by atoms with van der Waals surface area (Å²) in [7, 11) is 0. The first-order chi connectivity index (χ1) is 13.8. The van der Waals surface area contributed by atoms with E-state index in [1.807, 2.05) is 24.0 Å². The second-order valence-electron chi connectivity index (χ2n) is 7.76. The Kier molecular flexibility index (Phi) is 6.68. The smallest absolute Gasteiger partial charge is 0.410 e. The van der Waals surface area contributed by atoms with Crippen LogP contribution in [0.4, 0.5) is 10.5 Å². The summed E-state index contributed by atoms with van der Waals surface area (Å²) in [6, 6.07) is 14.3. The molecule has 0 aliphatic carbocycles. The van der Waals surface area contributed by atoms with Crippen LogP contribution in [-0.2, 0) is 4.74 Å².